The molecule has 1 aliphatic rings. The molecule has 2 unspecified atom stereocenters. The lowest BCUT2D eigenvalue weighted by Gasteiger charge is -2.10. The smallest absolute Gasteiger partial charge is 0.274 e. The molecule has 2 atom stereocenters. The van der Waals surface area contributed by atoms with Crippen LogP contribution in [0.1, 0.15) is 36.7 Å². The first-order valence-electron chi connectivity index (χ1n) is 5.58. The van der Waals surface area contributed by atoms with Crippen LogP contribution < -0.4 is 4.72 Å². The van der Waals surface area contributed by atoms with Crippen molar-refractivity contribution in [2.24, 2.45) is 5.92 Å². The van der Waals surface area contributed by atoms with Crippen LogP contribution in [0, 0.1) is 5.92 Å². The Kier molecular flexibility index (Phi) is 3.35. The minimum atomic E-state index is -3.63. The Hall–Kier alpha value is -1.14. The fourth-order valence-electron chi connectivity index (χ4n) is 2.13. The van der Waals surface area contributed by atoms with Gasteiger partial charge < -0.3 is 4.42 Å². The van der Waals surface area contributed by atoms with E-state index in [4.69, 9.17) is 4.42 Å². The molecule has 1 aromatic heterocycles. The van der Waals surface area contributed by atoms with Crippen LogP contribution in [0.3, 0.4) is 0 Å². The maximum Gasteiger partial charge on any atom is 0.274 e. The second kappa shape index (κ2) is 4.62. The number of nitrogens with one attached hydrogen (secondary N) is 1. The predicted molar refractivity (Wildman–Crippen MR) is 61.2 cm³/mol. The van der Waals surface area contributed by atoms with Crippen LogP contribution in [0.4, 0.5) is 0 Å². The van der Waals surface area contributed by atoms with Gasteiger partial charge in [0, 0.05) is 6.04 Å². The highest BCUT2D eigenvalue weighted by atomic mass is 32.2. The molecule has 1 saturated carbocycles. The quantitative estimate of drug-likeness (QED) is 0.830. The Morgan fingerprint density at radius 1 is 1.41 bits per heavy atom. The van der Waals surface area contributed by atoms with Gasteiger partial charge in [0.2, 0.25) is 5.09 Å². The molecular weight excluding hydrogens is 242 g/mol. The van der Waals surface area contributed by atoms with Crippen molar-refractivity contribution in [2.45, 2.75) is 37.3 Å². The molecule has 6 heteroatoms. The van der Waals surface area contributed by atoms with Crippen molar-refractivity contribution in [3.63, 3.8) is 0 Å². The summed E-state index contributed by atoms with van der Waals surface area (Å²) in [6.07, 6.45) is 3.21. The van der Waals surface area contributed by atoms with Gasteiger partial charge in [-0.2, -0.15) is 0 Å². The van der Waals surface area contributed by atoms with Crippen molar-refractivity contribution >= 4 is 16.3 Å². The second-order valence-corrected chi connectivity index (χ2v) is 6.16. The van der Waals surface area contributed by atoms with Gasteiger partial charge in [0.1, 0.15) is 0 Å². The van der Waals surface area contributed by atoms with Crippen LogP contribution in [-0.4, -0.2) is 20.7 Å². The number of hydrogen-bond acceptors (Lipinski definition) is 4. The molecule has 1 aromatic rings. The molecule has 0 amide bonds. The topological polar surface area (TPSA) is 76.4 Å². The third kappa shape index (κ3) is 2.76. The van der Waals surface area contributed by atoms with Crippen molar-refractivity contribution in [2.75, 3.05) is 0 Å². The maximum atomic E-state index is 11.9. The summed E-state index contributed by atoms with van der Waals surface area (Å²) in [6, 6.07) is 2.61. The van der Waals surface area contributed by atoms with E-state index in [1.807, 2.05) is 0 Å². The summed E-state index contributed by atoms with van der Waals surface area (Å²) in [4.78, 5) is 10.4. The Morgan fingerprint density at radius 3 is 2.71 bits per heavy atom. The van der Waals surface area contributed by atoms with Crippen LogP contribution in [0.25, 0.3) is 0 Å². The van der Waals surface area contributed by atoms with Gasteiger partial charge in [-0.05, 0) is 37.3 Å². The van der Waals surface area contributed by atoms with Gasteiger partial charge >= 0.3 is 0 Å². The zero-order valence-electron chi connectivity index (χ0n) is 9.55. The van der Waals surface area contributed by atoms with Crippen molar-refractivity contribution in [3.8, 4) is 0 Å². The summed E-state index contributed by atoms with van der Waals surface area (Å²) < 4.78 is 31.3. The highest BCUT2D eigenvalue weighted by molar-refractivity contribution is 7.89. The number of rotatable bonds is 4. The summed E-state index contributed by atoms with van der Waals surface area (Å²) in [5.41, 5.74) is 0. The maximum absolute atomic E-state index is 11.9. The normalized spacial score (nSPS) is 25.0. The number of sulfonamides is 1. The van der Waals surface area contributed by atoms with Crippen molar-refractivity contribution < 1.29 is 17.6 Å². The van der Waals surface area contributed by atoms with Gasteiger partial charge in [0.05, 0.1) is 0 Å². The van der Waals surface area contributed by atoms with E-state index in [9.17, 15) is 13.2 Å². The summed E-state index contributed by atoms with van der Waals surface area (Å²) >= 11 is 0. The lowest BCUT2D eigenvalue weighted by molar-refractivity contribution is 0.109. The van der Waals surface area contributed by atoms with Crippen molar-refractivity contribution in [1.29, 1.82) is 0 Å². The van der Waals surface area contributed by atoms with Crippen molar-refractivity contribution in [1.82, 2.24) is 4.72 Å². The molecule has 1 aliphatic carbocycles. The average molecular weight is 257 g/mol. The predicted octanol–water partition coefficient (Wildman–Crippen LogP) is 1.56. The van der Waals surface area contributed by atoms with E-state index in [1.165, 1.54) is 12.1 Å². The largest absolute Gasteiger partial charge is 0.440 e. The van der Waals surface area contributed by atoms with Gasteiger partial charge in [-0.3, -0.25) is 4.79 Å². The lowest BCUT2D eigenvalue weighted by atomic mass is 10.1. The van der Waals surface area contributed by atoms with Gasteiger partial charge in [-0.15, -0.1) is 0 Å². The Morgan fingerprint density at radius 2 is 2.18 bits per heavy atom. The van der Waals surface area contributed by atoms with E-state index in [-0.39, 0.29) is 16.9 Å². The summed E-state index contributed by atoms with van der Waals surface area (Å²) in [7, 11) is -3.63. The fourth-order valence-corrected chi connectivity index (χ4v) is 3.36. The molecule has 0 radical (unpaired) electrons. The first-order valence-corrected chi connectivity index (χ1v) is 7.07. The van der Waals surface area contributed by atoms with Gasteiger partial charge in [0.15, 0.2) is 12.0 Å². The summed E-state index contributed by atoms with van der Waals surface area (Å²) in [5, 5.41) is -0.195. The number of aldehydes is 1. The standard InChI is InChI=1S/C11H15NO4S/c1-8-2-3-9(6-8)12-17(14,15)11-5-4-10(7-13)16-11/h4-5,7-9,12H,2-3,6H2,1H3. The zero-order valence-corrected chi connectivity index (χ0v) is 10.4. The lowest BCUT2D eigenvalue weighted by Crippen LogP contribution is -2.32. The van der Waals surface area contributed by atoms with E-state index in [2.05, 4.69) is 11.6 Å². The molecule has 94 valence electrons. The molecule has 0 saturated heterocycles. The second-order valence-electron chi connectivity index (χ2n) is 4.51. The zero-order chi connectivity index (χ0) is 12.5. The molecule has 0 bridgehead atoms. The van der Waals surface area contributed by atoms with Crippen LogP contribution in [0.2, 0.25) is 0 Å². The van der Waals surface area contributed by atoms with E-state index < -0.39 is 10.0 Å². The number of carbonyl (C=O) groups excluding carboxylic acids is 1. The molecule has 1 N–H and O–H groups in total. The molecule has 1 heterocycles. The van der Waals surface area contributed by atoms with Gasteiger partial charge in [0.25, 0.3) is 10.0 Å². The Balaban J connectivity index is 2.11. The SMILES string of the molecule is CC1CCC(NS(=O)(=O)c2ccc(C=O)o2)C1. The molecular formula is C11H15NO4S. The number of hydrogen-bond donors (Lipinski definition) is 1. The average Bonchev–Trinajstić information content (AvgIpc) is 2.86. The first kappa shape index (κ1) is 12.3. The summed E-state index contributed by atoms with van der Waals surface area (Å²) in [5.74, 6) is 0.565. The van der Waals surface area contributed by atoms with Crippen molar-refractivity contribution in [3.05, 3.63) is 17.9 Å². The highest BCUT2D eigenvalue weighted by Gasteiger charge is 2.28. The van der Waals surface area contributed by atoms with Gasteiger partial charge in [-0.25, -0.2) is 13.1 Å². The third-order valence-electron chi connectivity index (χ3n) is 3.00. The Labute approximate surface area is 100 Å². The Bertz CT molecular complexity index is 505. The number of furan rings is 1. The van der Waals surface area contributed by atoms with E-state index in [1.54, 1.807) is 0 Å². The molecule has 0 aliphatic heterocycles. The molecule has 5 nitrogen and oxygen atoms in total. The molecule has 17 heavy (non-hydrogen) atoms. The molecule has 0 spiro atoms. The minimum absolute atomic E-state index is 0.0187. The highest BCUT2D eigenvalue weighted by Crippen LogP contribution is 2.26. The number of carbonyl (C=O) groups is 1. The molecule has 1 fully saturated rings. The summed E-state index contributed by atoms with van der Waals surface area (Å²) in [6.45, 7) is 2.10. The van der Waals surface area contributed by atoms with Crippen LogP contribution in [-0.2, 0) is 10.0 Å². The van der Waals surface area contributed by atoms with Gasteiger partial charge in [-0.1, -0.05) is 6.92 Å². The molecule has 2 rings (SSSR count). The third-order valence-corrected chi connectivity index (χ3v) is 4.39. The minimum Gasteiger partial charge on any atom is -0.440 e. The fraction of sp³-hybridized carbons (Fsp3) is 0.545. The van der Waals surface area contributed by atoms with E-state index in [0.717, 1.165) is 19.3 Å². The monoisotopic (exact) mass is 257 g/mol. The van der Waals surface area contributed by atoms with E-state index >= 15 is 0 Å². The molecule has 0 aromatic carbocycles. The van der Waals surface area contributed by atoms with E-state index in [0.29, 0.717) is 12.2 Å². The van der Waals surface area contributed by atoms with Crippen LogP contribution in [0.15, 0.2) is 21.6 Å². The van der Waals surface area contributed by atoms with Crippen LogP contribution >= 0.6 is 0 Å². The van der Waals surface area contributed by atoms with Crippen LogP contribution in [0.5, 0.6) is 0 Å². The first-order chi connectivity index (χ1) is 8.01.